The molecule has 0 unspecified atom stereocenters. The van der Waals surface area contributed by atoms with Crippen molar-refractivity contribution >= 4 is 44.7 Å². The predicted molar refractivity (Wildman–Crippen MR) is 141 cm³/mol. The van der Waals surface area contributed by atoms with Gasteiger partial charge in [0.05, 0.1) is 42.9 Å². The zero-order chi connectivity index (χ0) is 25.1. The lowest BCUT2D eigenvalue weighted by molar-refractivity contribution is 0.101. The van der Waals surface area contributed by atoms with Crippen LogP contribution >= 0.6 is 0 Å². The Morgan fingerprint density at radius 2 is 1.08 bits per heavy atom. The largest absolute Gasteiger partial charge is 0.496 e. The Labute approximate surface area is 207 Å². The lowest BCUT2D eigenvalue weighted by Crippen LogP contribution is -2.18. The molecule has 0 spiro atoms. The topological polar surface area (TPSA) is 89.5 Å². The summed E-state index contributed by atoms with van der Waals surface area (Å²) in [6.07, 6.45) is 3.03. The number of nitrogens with one attached hydrogen (secondary N) is 2. The molecule has 0 atom stereocenters. The molecule has 2 N–H and O–H groups in total. The normalized spacial score (nSPS) is 10.7. The van der Waals surface area contributed by atoms with Crippen LogP contribution in [0.25, 0.3) is 21.5 Å². The van der Waals surface area contributed by atoms with Gasteiger partial charge in [0.1, 0.15) is 11.5 Å². The maximum absolute atomic E-state index is 13.2. The van der Waals surface area contributed by atoms with Crippen molar-refractivity contribution in [1.29, 1.82) is 0 Å². The summed E-state index contributed by atoms with van der Waals surface area (Å²) in [4.78, 5) is 30.6. The number of hydrogen-bond acceptors (Lipinski definition) is 5. The van der Waals surface area contributed by atoms with Crippen molar-refractivity contribution in [3.63, 3.8) is 0 Å². The molecule has 0 saturated heterocycles. The fourth-order valence-corrected chi connectivity index (χ4v) is 4.11. The number of hydrogen-bond donors (Lipinski definition) is 2. The van der Waals surface area contributed by atoms with Gasteiger partial charge in [-0.25, -0.2) is 0 Å². The molecule has 1 aromatic heterocycles. The minimum absolute atomic E-state index is 0.353. The number of fused-ring (bicyclic) bond motifs is 2. The molecule has 7 heteroatoms. The van der Waals surface area contributed by atoms with Gasteiger partial charge in [0.25, 0.3) is 11.8 Å². The van der Waals surface area contributed by atoms with Crippen LogP contribution in [-0.4, -0.2) is 31.0 Å². The monoisotopic (exact) mass is 477 g/mol. The van der Waals surface area contributed by atoms with Gasteiger partial charge in [-0.2, -0.15) is 0 Å². The fourth-order valence-electron chi connectivity index (χ4n) is 4.11. The van der Waals surface area contributed by atoms with Crippen LogP contribution in [0.2, 0.25) is 0 Å². The van der Waals surface area contributed by atoms with E-state index in [0.29, 0.717) is 34.0 Å². The number of aromatic nitrogens is 1. The summed E-state index contributed by atoms with van der Waals surface area (Å²) in [7, 11) is 3.05. The first-order valence-electron chi connectivity index (χ1n) is 11.3. The third-order valence-corrected chi connectivity index (χ3v) is 5.94. The van der Waals surface area contributed by atoms with Crippen molar-refractivity contribution in [2.24, 2.45) is 0 Å². The minimum atomic E-state index is -0.385. The highest BCUT2D eigenvalue weighted by molar-refractivity contribution is 6.13. The van der Waals surface area contributed by atoms with Gasteiger partial charge < -0.3 is 20.1 Å². The van der Waals surface area contributed by atoms with Gasteiger partial charge in [0.2, 0.25) is 0 Å². The zero-order valence-electron chi connectivity index (χ0n) is 19.7. The van der Waals surface area contributed by atoms with E-state index in [1.807, 2.05) is 60.7 Å². The number of carbonyl (C=O) groups is 2. The van der Waals surface area contributed by atoms with Crippen molar-refractivity contribution in [2.45, 2.75) is 0 Å². The lowest BCUT2D eigenvalue weighted by atomic mass is 10.0. The average molecular weight is 478 g/mol. The van der Waals surface area contributed by atoms with E-state index in [1.165, 1.54) is 20.4 Å². The van der Waals surface area contributed by atoms with Gasteiger partial charge in [-0.05, 0) is 51.9 Å². The number of rotatable bonds is 6. The zero-order valence-corrected chi connectivity index (χ0v) is 19.7. The molecule has 5 aromatic rings. The van der Waals surface area contributed by atoms with Crippen molar-refractivity contribution in [3.8, 4) is 11.5 Å². The number of methoxy groups -OCH3 is 2. The summed E-state index contributed by atoms with van der Waals surface area (Å²) >= 11 is 0. The number of benzene rings is 4. The number of amides is 2. The second kappa shape index (κ2) is 9.76. The second-order valence-electron chi connectivity index (χ2n) is 8.13. The molecule has 5 rings (SSSR count). The van der Waals surface area contributed by atoms with E-state index in [0.717, 1.165) is 21.5 Å². The van der Waals surface area contributed by atoms with Gasteiger partial charge >= 0.3 is 0 Å². The van der Waals surface area contributed by atoms with Crippen LogP contribution < -0.4 is 20.1 Å². The highest BCUT2D eigenvalue weighted by Gasteiger charge is 2.18. The summed E-state index contributed by atoms with van der Waals surface area (Å²) in [6.45, 7) is 0. The summed E-state index contributed by atoms with van der Waals surface area (Å²) in [5, 5.41) is 9.48. The third kappa shape index (κ3) is 4.42. The van der Waals surface area contributed by atoms with E-state index in [9.17, 15) is 9.59 Å². The molecular weight excluding hydrogens is 454 g/mol. The molecule has 0 aliphatic heterocycles. The number of pyridine rings is 1. The first-order valence-corrected chi connectivity index (χ1v) is 11.3. The van der Waals surface area contributed by atoms with Gasteiger partial charge in [-0.15, -0.1) is 0 Å². The first kappa shape index (κ1) is 22.9. The van der Waals surface area contributed by atoms with Gasteiger partial charge in [-0.3, -0.25) is 14.6 Å². The third-order valence-electron chi connectivity index (χ3n) is 5.94. The van der Waals surface area contributed by atoms with Crippen LogP contribution in [0.4, 0.5) is 11.4 Å². The lowest BCUT2D eigenvalue weighted by Gasteiger charge is -2.15. The molecule has 0 fully saturated rings. The van der Waals surface area contributed by atoms with E-state index in [2.05, 4.69) is 15.6 Å². The fraction of sp³-hybridized carbons (Fsp3) is 0.0690. The van der Waals surface area contributed by atoms with Gasteiger partial charge in [-0.1, -0.05) is 48.5 Å². The van der Waals surface area contributed by atoms with E-state index >= 15 is 0 Å². The minimum Gasteiger partial charge on any atom is -0.496 e. The van der Waals surface area contributed by atoms with Crippen LogP contribution in [0.15, 0.2) is 91.3 Å². The molecule has 0 radical (unpaired) electrons. The Morgan fingerprint density at radius 3 is 1.56 bits per heavy atom. The van der Waals surface area contributed by atoms with Crippen LogP contribution in [-0.2, 0) is 0 Å². The molecule has 2 amide bonds. The molecule has 4 aromatic carbocycles. The second-order valence-corrected chi connectivity index (χ2v) is 8.13. The molecule has 0 bridgehead atoms. The smallest absolute Gasteiger partial charge is 0.259 e. The van der Waals surface area contributed by atoms with Crippen LogP contribution in [0, 0.1) is 0 Å². The summed E-state index contributed by atoms with van der Waals surface area (Å²) in [6, 6.07) is 24.3. The van der Waals surface area contributed by atoms with Crippen LogP contribution in [0.5, 0.6) is 11.5 Å². The van der Waals surface area contributed by atoms with Crippen molar-refractivity contribution in [2.75, 3.05) is 24.9 Å². The van der Waals surface area contributed by atoms with Crippen molar-refractivity contribution in [3.05, 3.63) is 102 Å². The molecular formula is C29H23N3O4. The highest BCUT2D eigenvalue weighted by Crippen LogP contribution is 2.30. The quantitative estimate of drug-likeness (QED) is 0.317. The molecule has 0 aliphatic rings. The van der Waals surface area contributed by atoms with E-state index < -0.39 is 0 Å². The molecule has 178 valence electrons. The molecule has 1 heterocycles. The van der Waals surface area contributed by atoms with Gasteiger partial charge in [0.15, 0.2) is 0 Å². The summed E-state index contributed by atoms with van der Waals surface area (Å²) in [5.74, 6) is 0.139. The highest BCUT2D eigenvalue weighted by atomic mass is 16.5. The van der Waals surface area contributed by atoms with Crippen molar-refractivity contribution < 1.29 is 19.1 Å². The first-order chi connectivity index (χ1) is 17.6. The Bertz CT molecular complexity index is 1490. The standard InChI is InChI=1S/C29H23N3O4/c1-35-26-15-20-9-5-3-7-18(20)13-22(26)28(33)31-24-11-12-30-17-25(24)32-29(34)23-14-19-8-4-6-10-21(19)16-27(23)36-2/h3-17H,1-2H3,(H,32,34)(H,30,31,33). The van der Waals surface area contributed by atoms with Crippen LogP contribution in [0.3, 0.4) is 0 Å². The molecule has 7 nitrogen and oxygen atoms in total. The maximum Gasteiger partial charge on any atom is 0.259 e. The number of carbonyl (C=O) groups excluding carboxylic acids is 2. The molecule has 0 aliphatic carbocycles. The number of anilines is 2. The molecule has 0 saturated carbocycles. The van der Waals surface area contributed by atoms with Crippen LogP contribution in [0.1, 0.15) is 20.7 Å². The predicted octanol–water partition coefficient (Wildman–Crippen LogP) is 5.91. The maximum atomic E-state index is 13.2. The average Bonchev–Trinajstić information content (AvgIpc) is 2.92. The molecule has 36 heavy (non-hydrogen) atoms. The SMILES string of the molecule is COc1cc2ccccc2cc1C(=O)Nc1ccncc1NC(=O)c1cc2ccccc2cc1OC. The Balaban J connectivity index is 1.44. The van der Waals surface area contributed by atoms with Gasteiger partial charge in [0, 0.05) is 6.20 Å². The number of ether oxygens (including phenoxy) is 2. The Kier molecular flexibility index (Phi) is 6.19. The van der Waals surface area contributed by atoms with E-state index in [1.54, 1.807) is 24.4 Å². The Hall–Kier alpha value is -4.91. The summed E-state index contributed by atoms with van der Waals surface area (Å²) < 4.78 is 10.9. The van der Waals surface area contributed by atoms with Crippen molar-refractivity contribution in [1.82, 2.24) is 4.98 Å². The van der Waals surface area contributed by atoms with E-state index in [4.69, 9.17) is 9.47 Å². The van der Waals surface area contributed by atoms with E-state index in [-0.39, 0.29) is 11.8 Å². The summed E-state index contributed by atoms with van der Waals surface area (Å²) in [5.41, 5.74) is 1.50. The number of nitrogens with zero attached hydrogens (tertiary/aromatic N) is 1. The Morgan fingerprint density at radius 1 is 0.639 bits per heavy atom.